The molecule has 0 radical (unpaired) electrons. The highest BCUT2D eigenvalue weighted by Gasteiger charge is 2.05. The molecular formula is C23H18Cl3N9. The Morgan fingerprint density at radius 1 is 0.914 bits per heavy atom. The number of aromatic nitrogens is 5. The van der Waals surface area contributed by atoms with E-state index in [1.54, 1.807) is 48.3 Å². The lowest BCUT2D eigenvalue weighted by Crippen LogP contribution is -1.96. The molecule has 0 spiro atoms. The number of hydrogen-bond acceptors (Lipinski definition) is 8. The van der Waals surface area contributed by atoms with Crippen LogP contribution in [0.25, 0.3) is 17.0 Å². The number of nitriles is 2. The maximum Gasteiger partial charge on any atom is 0.130 e. The van der Waals surface area contributed by atoms with Crippen molar-refractivity contribution >= 4 is 46.3 Å². The van der Waals surface area contributed by atoms with E-state index in [4.69, 9.17) is 56.8 Å². The van der Waals surface area contributed by atoms with Gasteiger partial charge >= 0.3 is 0 Å². The number of pyridine rings is 3. The minimum Gasteiger partial charge on any atom is -0.398 e. The third kappa shape index (κ3) is 8.95. The van der Waals surface area contributed by atoms with E-state index in [1.165, 1.54) is 24.5 Å². The van der Waals surface area contributed by atoms with Crippen LogP contribution in [-0.2, 0) is 7.05 Å². The molecule has 0 saturated carbocycles. The minimum atomic E-state index is 0.356. The molecule has 0 saturated heterocycles. The van der Waals surface area contributed by atoms with E-state index in [9.17, 15) is 0 Å². The van der Waals surface area contributed by atoms with Crippen molar-refractivity contribution in [1.29, 1.82) is 10.5 Å². The van der Waals surface area contributed by atoms with Crippen molar-refractivity contribution in [3.8, 4) is 23.4 Å². The second-order valence-corrected chi connectivity index (χ2v) is 7.68. The van der Waals surface area contributed by atoms with Gasteiger partial charge in [-0.1, -0.05) is 34.8 Å². The van der Waals surface area contributed by atoms with E-state index in [0.717, 1.165) is 11.3 Å². The molecule has 176 valence electrons. The van der Waals surface area contributed by atoms with Crippen molar-refractivity contribution in [3.05, 3.63) is 93.7 Å². The third-order valence-electron chi connectivity index (χ3n) is 4.07. The summed E-state index contributed by atoms with van der Waals surface area (Å²) in [5.74, 6) is 0.618. The predicted octanol–water partition coefficient (Wildman–Crippen LogP) is 4.88. The molecule has 9 nitrogen and oxygen atoms in total. The lowest BCUT2D eigenvalue weighted by Gasteiger charge is -1.98. The van der Waals surface area contributed by atoms with Gasteiger partial charge in [0.15, 0.2) is 0 Å². The highest BCUT2D eigenvalue weighted by Crippen LogP contribution is 2.21. The molecule has 4 aromatic rings. The van der Waals surface area contributed by atoms with Crippen LogP contribution in [-0.4, -0.2) is 24.7 Å². The average Bonchev–Trinajstić information content (AvgIpc) is 3.18. The van der Waals surface area contributed by atoms with Crippen molar-refractivity contribution in [2.45, 2.75) is 0 Å². The summed E-state index contributed by atoms with van der Waals surface area (Å²) in [6.45, 7) is 0. The fourth-order valence-electron chi connectivity index (χ4n) is 2.39. The fourth-order valence-corrected chi connectivity index (χ4v) is 2.91. The zero-order valence-corrected chi connectivity index (χ0v) is 20.5. The Hall–Kier alpha value is -4.15. The van der Waals surface area contributed by atoms with E-state index in [-0.39, 0.29) is 0 Å². The van der Waals surface area contributed by atoms with Crippen molar-refractivity contribution in [2.75, 3.05) is 5.73 Å². The molecule has 0 fully saturated rings. The molecule has 4 N–H and O–H groups in total. The largest absolute Gasteiger partial charge is 0.398 e. The van der Waals surface area contributed by atoms with Crippen LogP contribution in [0, 0.1) is 22.7 Å². The Kier molecular flexibility index (Phi) is 10.5. The van der Waals surface area contributed by atoms with Gasteiger partial charge in [0, 0.05) is 54.6 Å². The van der Waals surface area contributed by atoms with E-state index in [2.05, 4.69) is 20.1 Å². The molecule has 0 aliphatic rings. The smallest absolute Gasteiger partial charge is 0.130 e. The molecule has 0 amide bonds. The van der Waals surface area contributed by atoms with Crippen LogP contribution in [0.4, 0.5) is 5.82 Å². The molecule has 4 aromatic heterocycles. The normalized spacial score (nSPS) is 10.1. The quantitative estimate of drug-likeness (QED) is 0.276. The Balaban J connectivity index is 0.000000190. The van der Waals surface area contributed by atoms with Crippen LogP contribution in [0.5, 0.6) is 0 Å². The highest BCUT2D eigenvalue weighted by atomic mass is 35.5. The van der Waals surface area contributed by atoms with Crippen molar-refractivity contribution in [1.82, 2.24) is 24.7 Å². The molecule has 0 atom stereocenters. The molecule has 0 aromatic carbocycles. The first-order chi connectivity index (χ1) is 16.7. The zero-order valence-electron chi connectivity index (χ0n) is 18.3. The standard InChI is InChI=1S/C9H9ClN4.C8H6ClN3.C6H3ClN2/c1-14-9(11)5-7(13-14)6-2-3-12-8(10)4-6;9-8-5-6(2-4-12-8)7(11)1-3-10;7-6-3-5(4-8)1-2-9-6/h2-5H,11H2,1H3;1-2,4-5H,11H2;1-3H/b;7-1-;. The van der Waals surface area contributed by atoms with Gasteiger partial charge in [-0.05, 0) is 36.4 Å². The van der Waals surface area contributed by atoms with Gasteiger partial charge in [-0.3, -0.25) is 4.68 Å². The van der Waals surface area contributed by atoms with Crippen LogP contribution in [0.2, 0.25) is 15.5 Å². The summed E-state index contributed by atoms with van der Waals surface area (Å²) in [5.41, 5.74) is 14.5. The Bertz CT molecular complexity index is 1380. The van der Waals surface area contributed by atoms with Crippen LogP contribution < -0.4 is 11.5 Å². The number of hydrogen-bond donors (Lipinski definition) is 2. The number of nitrogens with two attached hydrogens (primary N) is 2. The van der Waals surface area contributed by atoms with E-state index < -0.39 is 0 Å². The van der Waals surface area contributed by atoms with Crippen LogP contribution >= 0.6 is 34.8 Å². The monoisotopic (exact) mass is 525 g/mol. The Morgan fingerprint density at radius 3 is 2.00 bits per heavy atom. The van der Waals surface area contributed by atoms with E-state index in [1.807, 2.05) is 18.2 Å². The van der Waals surface area contributed by atoms with Gasteiger partial charge < -0.3 is 11.5 Å². The van der Waals surface area contributed by atoms with Gasteiger partial charge in [0.1, 0.15) is 21.3 Å². The van der Waals surface area contributed by atoms with Gasteiger partial charge in [0.2, 0.25) is 0 Å². The first-order valence-electron chi connectivity index (χ1n) is 9.63. The number of nitrogens with zero attached hydrogens (tertiary/aromatic N) is 7. The minimum absolute atomic E-state index is 0.356. The topological polar surface area (TPSA) is 156 Å². The first kappa shape index (κ1) is 27.1. The van der Waals surface area contributed by atoms with Crippen LogP contribution in [0.1, 0.15) is 11.1 Å². The SMILES string of the molecule is Cn1nc(-c2ccnc(Cl)c2)cc1N.N#C/C=C(\N)c1ccnc(Cl)c1.N#Cc1ccnc(Cl)c1. The summed E-state index contributed by atoms with van der Waals surface area (Å²) < 4.78 is 1.61. The Morgan fingerprint density at radius 2 is 1.51 bits per heavy atom. The first-order valence-corrected chi connectivity index (χ1v) is 10.8. The van der Waals surface area contributed by atoms with Gasteiger partial charge in [0.25, 0.3) is 0 Å². The van der Waals surface area contributed by atoms with Crippen LogP contribution in [0.15, 0.2) is 67.1 Å². The fraction of sp³-hybridized carbons (Fsp3) is 0.0435. The lowest BCUT2D eigenvalue weighted by atomic mass is 10.2. The molecule has 0 aliphatic carbocycles. The number of halogens is 3. The van der Waals surface area contributed by atoms with Crippen molar-refractivity contribution in [2.24, 2.45) is 12.8 Å². The van der Waals surface area contributed by atoms with Gasteiger partial charge in [-0.15, -0.1) is 0 Å². The lowest BCUT2D eigenvalue weighted by molar-refractivity contribution is 0.782. The molecule has 4 heterocycles. The predicted molar refractivity (Wildman–Crippen MR) is 137 cm³/mol. The highest BCUT2D eigenvalue weighted by molar-refractivity contribution is 6.30. The molecule has 35 heavy (non-hydrogen) atoms. The summed E-state index contributed by atoms with van der Waals surface area (Å²) in [7, 11) is 1.79. The number of nitrogen functional groups attached to an aromatic ring is 1. The van der Waals surface area contributed by atoms with E-state index in [0.29, 0.717) is 38.1 Å². The number of aryl methyl sites for hydroxylation is 1. The molecular weight excluding hydrogens is 509 g/mol. The van der Waals surface area contributed by atoms with Crippen molar-refractivity contribution in [3.63, 3.8) is 0 Å². The summed E-state index contributed by atoms with van der Waals surface area (Å²) in [4.78, 5) is 11.4. The number of allylic oxidation sites excluding steroid dienone is 1. The molecule has 0 aliphatic heterocycles. The van der Waals surface area contributed by atoms with Gasteiger partial charge in [0.05, 0.1) is 23.4 Å². The van der Waals surface area contributed by atoms with Crippen molar-refractivity contribution < 1.29 is 0 Å². The average molecular weight is 527 g/mol. The maximum absolute atomic E-state index is 8.33. The second-order valence-electron chi connectivity index (χ2n) is 6.52. The summed E-state index contributed by atoms with van der Waals surface area (Å²) in [6.07, 6.45) is 5.94. The molecule has 4 rings (SSSR count). The summed E-state index contributed by atoms with van der Waals surface area (Å²) in [6, 6.07) is 15.6. The van der Waals surface area contributed by atoms with Crippen LogP contribution in [0.3, 0.4) is 0 Å². The third-order valence-corrected chi connectivity index (χ3v) is 4.69. The van der Waals surface area contributed by atoms with Gasteiger partial charge in [-0.2, -0.15) is 15.6 Å². The summed E-state index contributed by atoms with van der Waals surface area (Å²) in [5, 5.41) is 22.0. The van der Waals surface area contributed by atoms with E-state index >= 15 is 0 Å². The summed E-state index contributed by atoms with van der Waals surface area (Å²) >= 11 is 16.8. The number of anilines is 1. The number of rotatable bonds is 2. The van der Waals surface area contributed by atoms with Gasteiger partial charge in [-0.25, -0.2) is 15.0 Å². The molecule has 0 unspecified atom stereocenters. The molecule has 0 bridgehead atoms. The maximum atomic E-state index is 8.33. The second kappa shape index (κ2) is 13.5. The molecule has 12 heteroatoms. The zero-order chi connectivity index (χ0) is 25.8. The Labute approximate surface area is 216 Å².